The van der Waals surface area contributed by atoms with Crippen molar-refractivity contribution in [2.24, 2.45) is 0 Å². The van der Waals surface area contributed by atoms with Crippen molar-refractivity contribution < 1.29 is 8.42 Å². The zero-order valence-corrected chi connectivity index (χ0v) is 18.4. The van der Waals surface area contributed by atoms with E-state index < -0.39 is 10.0 Å². The SMILES string of the molecule is CNc1ccc(Nc2ncc3ccn(Cc4ccccc4N(C)S(C)(=O)=O)c3n2)cc1. The molecule has 2 N–H and O–H groups in total. The molecule has 0 saturated carbocycles. The molecule has 160 valence electrons. The Morgan fingerprint density at radius 2 is 1.74 bits per heavy atom. The Morgan fingerprint density at radius 1 is 1.03 bits per heavy atom. The van der Waals surface area contributed by atoms with Crippen LogP contribution >= 0.6 is 0 Å². The Morgan fingerprint density at radius 3 is 2.45 bits per heavy atom. The van der Waals surface area contributed by atoms with Gasteiger partial charge in [0, 0.05) is 43.3 Å². The van der Waals surface area contributed by atoms with E-state index in [2.05, 4.69) is 20.6 Å². The van der Waals surface area contributed by atoms with Crippen LogP contribution in [0, 0.1) is 0 Å². The summed E-state index contributed by atoms with van der Waals surface area (Å²) in [4.78, 5) is 9.09. The Balaban J connectivity index is 1.64. The van der Waals surface area contributed by atoms with E-state index >= 15 is 0 Å². The minimum Gasteiger partial charge on any atom is -0.388 e. The predicted octanol–water partition coefficient (Wildman–Crippen LogP) is 3.66. The summed E-state index contributed by atoms with van der Waals surface area (Å²) in [5.74, 6) is 0.492. The van der Waals surface area contributed by atoms with E-state index in [9.17, 15) is 8.42 Å². The van der Waals surface area contributed by atoms with Crippen LogP contribution in [0.1, 0.15) is 5.56 Å². The van der Waals surface area contributed by atoms with Gasteiger partial charge in [0.25, 0.3) is 0 Å². The topological polar surface area (TPSA) is 92.2 Å². The van der Waals surface area contributed by atoms with E-state index in [0.717, 1.165) is 28.0 Å². The standard InChI is InChI=1S/C22H24N6O2S/c1-23-18-8-10-19(11-9-18)25-22-24-14-16-12-13-28(21(16)26-22)15-17-6-4-5-7-20(17)27(2)31(3,29)30/h4-14,23H,15H2,1-3H3,(H,24,25,26). The molecule has 0 atom stereocenters. The summed E-state index contributed by atoms with van der Waals surface area (Å²) in [7, 11) is 0.0732. The summed E-state index contributed by atoms with van der Waals surface area (Å²) in [5, 5.41) is 7.22. The zero-order chi connectivity index (χ0) is 22.0. The third-order valence-electron chi connectivity index (χ3n) is 5.10. The van der Waals surface area contributed by atoms with Crippen molar-refractivity contribution in [1.82, 2.24) is 14.5 Å². The lowest BCUT2D eigenvalue weighted by Crippen LogP contribution is -2.26. The van der Waals surface area contributed by atoms with E-state index in [1.165, 1.54) is 10.6 Å². The second kappa shape index (κ2) is 8.27. The van der Waals surface area contributed by atoms with Crippen molar-refractivity contribution in [2.75, 3.05) is 35.3 Å². The average molecular weight is 437 g/mol. The number of fused-ring (bicyclic) bond motifs is 1. The molecule has 0 spiro atoms. The Hall–Kier alpha value is -3.59. The number of hydrogen-bond donors (Lipinski definition) is 2. The maximum absolute atomic E-state index is 12.0. The van der Waals surface area contributed by atoms with Crippen LogP contribution in [0.3, 0.4) is 0 Å². The number of hydrogen-bond acceptors (Lipinski definition) is 6. The van der Waals surface area contributed by atoms with Gasteiger partial charge in [-0.25, -0.2) is 13.4 Å². The number of sulfonamides is 1. The van der Waals surface area contributed by atoms with Crippen LogP contribution < -0.4 is 14.9 Å². The summed E-state index contributed by atoms with van der Waals surface area (Å²) < 4.78 is 27.4. The first kappa shape index (κ1) is 20.7. The molecule has 0 radical (unpaired) electrons. The van der Waals surface area contributed by atoms with Gasteiger partial charge < -0.3 is 15.2 Å². The van der Waals surface area contributed by atoms with E-state index in [1.807, 2.05) is 66.3 Å². The third-order valence-corrected chi connectivity index (χ3v) is 6.29. The smallest absolute Gasteiger partial charge is 0.232 e. The molecule has 0 bridgehead atoms. The molecular weight excluding hydrogens is 412 g/mol. The Bertz CT molecular complexity index is 1320. The van der Waals surface area contributed by atoms with Crippen molar-refractivity contribution in [3.8, 4) is 0 Å². The highest BCUT2D eigenvalue weighted by atomic mass is 32.2. The molecule has 2 aromatic carbocycles. The quantitative estimate of drug-likeness (QED) is 0.459. The van der Waals surface area contributed by atoms with E-state index in [1.54, 1.807) is 19.3 Å². The molecule has 0 unspecified atom stereocenters. The van der Waals surface area contributed by atoms with Gasteiger partial charge in [-0.3, -0.25) is 4.31 Å². The van der Waals surface area contributed by atoms with Gasteiger partial charge in [0.1, 0.15) is 5.65 Å². The van der Waals surface area contributed by atoms with Gasteiger partial charge in [0.2, 0.25) is 16.0 Å². The van der Waals surface area contributed by atoms with Crippen LogP contribution in [-0.4, -0.2) is 43.3 Å². The van der Waals surface area contributed by atoms with Crippen LogP contribution in [0.25, 0.3) is 11.0 Å². The number of nitrogens with one attached hydrogen (secondary N) is 2. The first-order valence-electron chi connectivity index (χ1n) is 9.73. The van der Waals surface area contributed by atoms with Crippen LogP contribution in [0.2, 0.25) is 0 Å². The lowest BCUT2D eigenvalue weighted by molar-refractivity contribution is 0.600. The number of rotatable bonds is 7. The average Bonchev–Trinajstić information content (AvgIpc) is 3.15. The minimum atomic E-state index is -3.36. The largest absolute Gasteiger partial charge is 0.388 e. The minimum absolute atomic E-state index is 0.479. The fourth-order valence-corrected chi connectivity index (χ4v) is 3.86. The highest BCUT2D eigenvalue weighted by molar-refractivity contribution is 7.92. The first-order chi connectivity index (χ1) is 14.8. The summed E-state index contributed by atoms with van der Waals surface area (Å²) >= 11 is 0. The van der Waals surface area contributed by atoms with Gasteiger partial charge >= 0.3 is 0 Å². The van der Waals surface area contributed by atoms with Crippen molar-refractivity contribution >= 4 is 44.1 Å². The van der Waals surface area contributed by atoms with E-state index in [-0.39, 0.29) is 0 Å². The number of aromatic nitrogens is 3. The number of anilines is 4. The molecule has 2 aromatic heterocycles. The zero-order valence-electron chi connectivity index (χ0n) is 17.6. The van der Waals surface area contributed by atoms with Crippen molar-refractivity contribution in [1.29, 1.82) is 0 Å². The molecular formula is C22H24N6O2S. The van der Waals surface area contributed by atoms with Crippen LogP contribution in [0.15, 0.2) is 67.0 Å². The highest BCUT2D eigenvalue weighted by Crippen LogP contribution is 2.25. The number of nitrogens with zero attached hydrogens (tertiary/aromatic N) is 4. The number of benzene rings is 2. The molecule has 9 heteroatoms. The van der Waals surface area contributed by atoms with Crippen molar-refractivity contribution in [3.63, 3.8) is 0 Å². The lowest BCUT2D eigenvalue weighted by Gasteiger charge is -2.20. The molecule has 31 heavy (non-hydrogen) atoms. The van der Waals surface area contributed by atoms with Crippen LogP contribution in [0.4, 0.5) is 23.0 Å². The molecule has 2 heterocycles. The molecule has 4 aromatic rings. The van der Waals surface area contributed by atoms with Gasteiger partial charge in [0.15, 0.2) is 0 Å². The van der Waals surface area contributed by atoms with Gasteiger partial charge in [0.05, 0.1) is 18.5 Å². The third kappa shape index (κ3) is 4.46. The summed E-state index contributed by atoms with van der Waals surface area (Å²) in [5.41, 5.74) is 4.19. The summed E-state index contributed by atoms with van der Waals surface area (Å²) in [6.07, 6.45) is 4.91. The molecule has 0 aliphatic rings. The van der Waals surface area contributed by atoms with Gasteiger partial charge in [-0.1, -0.05) is 18.2 Å². The van der Waals surface area contributed by atoms with Crippen molar-refractivity contribution in [2.45, 2.75) is 6.54 Å². The number of para-hydroxylation sites is 1. The molecule has 0 amide bonds. The van der Waals surface area contributed by atoms with Crippen molar-refractivity contribution in [3.05, 3.63) is 72.6 Å². The summed E-state index contributed by atoms with van der Waals surface area (Å²) in [6, 6.07) is 17.3. The molecule has 0 saturated heterocycles. The fraction of sp³-hybridized carbons (Fsp3) is 0.182. The van der Waals surface area contributed by atoms with Crippen LogP contribution in [0.5, 0.6) is 0 Å². The second-order valence-corrected chi connectivity index (χ2v) is 9.24. The monoisotopic (exact) mass is 436 g/mol. The molecule has 0 aliphatic carbocycles. The van der Waals surface area contributed by atoms with Gasteiger partial charge in [-0.15, -0.1) is 0 Å². The fourth-order valence-electron chi connectivity index (χ4n) is 3.32. The second-order valence-electron chi connectivity index (χ2n) is 7.23. The highest BCUT2D eigenvalue weighted by Gasteiger charge is 2.16. The van der Waals surface area contributed by atoms with Gasteiger partial charge in [-0.05, 0) is 42.0 Å². The molecule has 4 rings (SSSR count). The Labute approximate surface area is 181 Å². The lowest BCUT2D eigenvalue weighted by atomic mass is 10.2. The summed E-state index contributed by atoms with van der Waals surface area (Å²) in [6.45, 7) is 0.479. The van der Waals surface area contributed by atoms with Gasteiger partial charge in [-0.2, -0.15) is 4.98 Å². The maximum atomic E-state index is 12.0. The molecule has 0 aliphatic heterocycles. The van der Waals surface area contributed by atoms with E-state index in [0.29, 0.717) is 18.2 Å². The van der Waals surface area contributed by atoms with Crippen LogP contribution in [-0.2, 0) is 16.6 Å². The molecule has 8 nitrogen and oxygen atoms in total. The Kier molecular flexibility index (Phi) is 5.51. The maximum Gasteiger partial charge on any atom is 0.232 e. The first-order valence-corrected chi connectivity index (χ1v) is 11.6. The normalized spacial score (nSPS) is 11.5. The molecule has 0 fully saturated rings. The predicted molar refractivity (Wildman–Crippen MR) is 126 cm³/mol. The van der Waals surface area contributed by atoms with E-state index in [4.69, 9.17) is 0 Å².